The maximum atomic E-state index is 13.4. The summed E-state index contributed by atoms with van der Waals surface area (Å²) in [6, 6.07) is 11.7. The Bertz CT molecular complexity index is 1100. The summed E-state index contributed by atoms with van der Waals surface area (Å²) in [6.45, 7) is 3.78. The number of nitrogens with zero attached hydrogens (tertiary/aromatic N) is 2. The largest absolute Gasteiger partial charge is 0.493 e. The van der Waals surface area contributed by atoms with E-state index >= 15 is 0 Å². The molecule has 1 N–H and O–H groups in total. The van der Waals surface area contributed by atoms with Gasteiger partial charge in [0.1, 0.15) is 11.6 Å². The van der Waals surface area contributed by atoms with E-state index in [-0.39, 0.29) is 22.2 Å². The van der Waals surface area contributed by atoms with Gasteiger partial charge >= 0.3 is 0 Å². The summed E-state index contributed by atoms with van der Waals surface area (Å²) in [5, 5.41) is 7.16. The molecule has 156 valence electrons. The first-order valence-electron chi connectivity index (χ1n) is 9.47. The lowest BCUT2D eigenvalue weighted by atomic mass is 10.0. The van der Waals surface area contributed by atoms with Gasteiger partial charge in [0.2, 0.25) is 5.91 Å². The van der Waals surface area contributed by atoms with Gasteiger partial charge in [0, 0.05) is 11.1 Å². The topological polar surface area (TPSA) is 65.4 Å². The van der Waals surface area contributed by atoms with Crippen molar-refractivity contribution in [1.82, 2.24) is 9.78 Å². The van der Waals surface area contributed by atoms with E-state index in [1.165, 1.54) is 23.9 Å². The fraction of sp³-hybridized carbons (Fsp3) is 0.273. The molecule has 6 nitrogen and oxygen atoms in total. The highest BCUT2D eigenvalue weighted by molar-refractivity contribution is 8.01. The molecule has 0 saturated carbocycles. The number of nitrogens with one attached hydrogen (secondary N) is 1. The van der Waals surface area contributed by atoms with E-state index in [1.807, 2.05) is 32.0 Å². The summed E-state index contributed by atoms with van der Waals surface area (Å²) in [6.07, 6.45) is 0. The van der Waals surface area contributed by atoms with Crippen LogP contribution in [-0.2, 0) is 4.79 Å². The molecule has 3 aromatic rings. The second-order valence-corrected chi connectivity index (χ2v) is 8.42. The number of methoxy groups -OCH3 is 2. The van der Waals surface area contributed by atoms with Crippen molar-refractivity contribution in [3.8, 4) is 17.2 Å². The summed E-state index contributed by atoms with van der Waals surface area (Å²) in [4.78, 5) is 12.8. The van der Waals surface area contributed by atoms with Crippen molar-refractivity contribution in [1.29, 1.82) is 0 Å². The van der Waals surface area contributed by atoms with E-state index in [0.29, 0.717) is 23.0 Å². The fourth-order valence-corrected chi connectivity index (χ4v) is 4.98. The summed E-state index contributed by atoms with van der Waals surface area (Å²) >= 11 is 1.52. The van der Waals surface area contributed by atoms with Crippen molar-refractivity contribution in [2.45, 2.75) is 24.3 Å². The van der Waals surface area contributed by atoms with Gasteiger partial charge in [-0.15, -0.1) is 11.8 Å². The molecule has 1 aliphatic rings. The van der Waals surface area contributed by atoms with Crippen LogP contribution in [0.15, 0.2) is 42.5 Å². The minimum absolute atomic E-state index is 0.117. The number of halogens is 1. The highest BCUT2D eigenvalue weighted by Crippen LogP contribution is 2.50. The average molecular weight is 428 g/mol. The van der Waals surface area contributed by atoms with Crippen LogP contribution in [0.2, 0.25) is 0 Å². The van der Waals surface area contributed by atoms with E-state index in [4.69, 9.17) is 9.47 Å². The monoisotopic (exact) mass is 427 g/mol. The minimum Gasteiger partial charge on any atom is -0.493 e. The highest BCUT2D eigenvalue weighted by atomic mass is 32.2. The van der Waals surface area contributed by atoms with Crippen molar-refractivity contribution in [2.75, 3.05) is 19.5 Å². The second-order valence-electron chi connectivity index (χ2n) is 6.97. The molecule has 8 heteroatoms. The Balaban J connectivity index is 1.94. The maximum absolute atomic E-state index is 13.4. The van der Waals surface area contributed by atoms with E-state index in [2.05, 4.69) is 10.4 Å². The van der Waals surface area contributed by atoms with Crippen LogP contribution < -0.4 is 14.8 Å². The van der Waals surface area contributed by atoms with Crippen molar-refractivity contribution in [3.05, 3.63) is 65.1 Å². The number of carbonyl (C=O) groups is 1. The average Bonchev–Trinajstić information content (AvgIpc) is 2.99. The van der Waals surface area contributed by atoms with Crippen LogP contribution in [0, 0.1) is 12.7 Å². The molecule has 0 saturated heterocycles. The highest BCUT2D eigenvalue weighted by Gasteiger charge is 2.35. The lowest BCUT2D eigenvalue weighted by Gasteiger charge is -2.21. The lowest BCUT2D eigenvalue weighted by molar-refractivity contribution is -0.115. The Morgan fingerprint density at radius 1 is 1.13 bits per heavy atom. The number of rotatable bonds is 4. The van der Waals surface area contributed by atoms with Gasteiger partial charge in [-0.3, -0.25) is 4.79 Å². The number of hydrogen-bond donors (Lipinski definition) is 1. The fourth-order valence-electron chi connectivity index (χ4n) is 3.64. The molecule has 0 spiro atoms. The van der Waals surface area contributed by atoms with Crippen LogP contribution in [0.5, 0.6) is 11.5 Å². The third-order valence-electron chi connectivity index (χ3n) is 5.11. The molecule has 30 heavy (non-hydrogen) atoms. The molecule has 4 rings (SSSR count). The first-order valence-corrected chi connectivity index (χ1v) is 10.4. The Labute approximate surface area is 178 Å². The van der Waals surface area contributed by atoms with E-state index < -0.39 is 0 Å². The van der Waals surface area contributed by atoms with Crippen LogP contribution in [0.25, 0.3) is 5.69 Å². The molecular weight excluding hydrogens is 405 g/mol. The zero-order chi connectivity index (χ0) is 21.4. The molecule has 0 radical (unpaired) electrons. The van der Waals surface area contributed by atoms with Gasteiger partial charge in [0.05, 0.1) is 36.1 Å². The number of hydrogen-bond acceptors (Lipinski definition) is 5. The molecule has 2 heterocycles. The van der Waals surface area contributed by atoms with Gasteiger partial charge in [0.25, 0.3) is 0 Å². The number of para-hydroxylation sites is 1. The Morgan fingerprint density at radius 2 is 1.87 bits per heavy atom. The first-order chi connectivity index (χ1) is 14.4. The van der Waals surface area contributed by atoms with E-state index in [0.717, 1.165) is 16.8 Å². The Morgan fingerprint density at radius 3 is 2.53 bits per heavy atom. The van der Waals surface area contributed by atoms with Gasteiger partial charge in [-0.05, 0) is 44.2 Å². The molecule has 0 fully saturated rings. The summed E-state index contributed by atoms with van der Waals surface area (Å²) in [7, 11) is 3.20. The first kappa shape index (κ1) is 20.3. The number of aromatic nitrogens is 2. The van der Waals surface area contributed by atoms with E-state index in [1.54, 1.807) is 31.0 Å². The predicted octanol–water partition coefficient (Wildman–Crippen LogP) is 4.50. The number of carbonyl (C=O) groups excluding carboxylic acids is 1. The van der Waals surface area contributed by atoms with Gasteiger partial charge in [0.15, 0.2) is 11.5 Å². The summed E-state index contributed by atoms with van der Waals surface area (Å²) < 4.78 is 26.2. The predicted molar refractivity (Wildman–Crippen MR) is 115 cm³/mol. The van der Waals surface area contributed by atoms with Crippen LogP contribution >= 0.6 is 11.8 Å². The summed E-state index contributed by atoms with van der Waals surface area (Å²) in [5.74, 6) is 1.38. The molecule has 1 aromatic heterocycles. The third-order valence-corrected chi connectivity index (χ3v) is 6.49. The zero-order valence-corrected chi connectivity index (χ0v) is 17.9. The van der Waals surface area contributed by atoms with Crippen molar-refractivity contribution in [3.63, 3.8) is 0 Å². The molecule has 0 aliphatic carbocycles. The van der Waals surface area contributed by atoms with Crippen molar-refractivity contribution >= 4 is 23.5 Å². The smallest absolute Gasteiger partial charge is 0.238 e. The summed E-state index contributed by atoms with van der Waals surface area (Å²) in [5.41, 5.74) is 3.21. The molecule has 2 aromatic carbocycles. The van der Waals surface area contributed by atoms with E-state index in [9.17, 15) is 9.18 Å². The number of fused-ring (bicyclic) bond motifs is 1. The molecular formula is C22H22FN3O3S. The van der Waals surface area contributed by atoms with Crippen LogP contribution in [-0.4, -0.2) is 35.2 Å². The van der Waals surface area contributed by atoms with Gasteiger partial charge in [-0.1, -0.05) is 12.1 Å². The van der Waals surface area contributed by atoms with Crippen LogP contribution in [0.1, 0.15) is 29.0 Å². The number of amides is 1. The zero-order valence-electron chi connectivity index (χ0n) is 17.1. The van der Waals surface area contributed by atoms with Crippen molar-refractivity contribution < 1.29 is 18.7 Å². The Kier molecular flexibility index (Phi) is 5.42. The number of anilines is 1. The molecule has 0 unspecified atom stereocenters. The van der Waals surface area contributed by atoms with Gasteiger partial charge in [-0.25, -0.2) is 9.07 Å². The minimum atomic E-state index is -0.332. The van der Waals surface area contributed by atoms with Crippen molar-refractivity contribution in [2.24, 2.45) is 0 Å². The number of thioether (sulfide) groups is 1. The number of aryl methyl sites for hydroxylation is 1. The molecule has 2 atom stereocenters. The number of benzene rings is 2. The van der Waals surface area contributed by atoms with Crippen LogP contribution in [0.3, 0.4) is 0 Å². The lowest BCUT2D eigenvalue weighted by Crippen LogP contribution is -2.22. The van der Waals surface area contributed by atoms with Gasteiger partial charge < -0.3 is 14.8 Å². The SMILES string of the molecule is COc1cccc([C@@H]2S[C@H](C)C(=O)Nc3c2c(C)nn3-c2ccc(F)cc2)c1OC. The maximum Gasteiger partial charge on any atom is 0.238 e. The third kappa shape index (κ3) is 3.41. The Hall–Kier alpha value is -3.00. The van der Waals surface area contributed by atoms with Gasteiger partial charge in [-0.2, -0.15) is 5.10 Å². The quantitative estimate of drug-likeness (QED) is 0.664. The van der Waals surface area contributed by atoms with Crippen LogP contribution in [0.4, 0.5) is 10.2 Å². The molecule has 1 amide bonds. The molecule has 1 aliphatic heterocycles. The molecule has 0 bridgehead atoms. The standard InChI is InChI=1S/C22H22FN3O3S/c1-12-18-20(16-6-5-7-17(28-3)19(16)29-4)30-13(2)22(27)24-21(18)26(25-12)15-10-8-14(23)9-11-15/h5-11,13,20H,1-4H3,(H,24,27)/t13-,20+/m1/s1. The normalized spacial score (nSPS) is 18.4. The second kappa shape index (κ2) is 8.02. The number of ether oxygens (including phenoxy) is 2.